The van der Waals surface area contributed by atoms with Crippen molar-refractivity contribution < 1.29 is 14.3 Å². The molecule has 0 fully saturated rings. The number of ether oxygens (including phenoxy) is 1. The zero-order valence-corrected chi connectivity index (χ0v) is 9.77. The highest BCUT2D eigenvalue weighted by Gasteiger charge is 2.18. The van der Waals surface area contributed by atoms with Gasteiger partial charge in [-0.2, -0.15) is 0 Å². The van der Waals surface area contributed by atoms with Crippen LogP contribution < -0.4 is 16.2 Å². The molecule has 2 amide bonds. The first-order chi connectivity index (χ1) is 8.56. The van der Waals surface area contributed by atoms with Crippen LogP contribution in [0.5, 0.6) is 5.75 Å². The van der Waals surface area contributed by atoms with Gasteiger partial charge >= 0.3 is 0 Å². The van der Waals surface area contributed by atoms with Crippen LogP contribution in [-0.2, 0) is 0 Å². The number of hydrogen-bond acceptors (Lipinski definition) is 3. The molecule has 2 rings (SSSR count). The van der Waals surface area contributed by atoms with E-state index in [-0.39, 0.29) is 11.1 Å². The van der Waals surface area contributed by atoms with Crippen LogP contribution in [-0.4, -0.2) is 18.9 Å². The quantitative estimate of drug-likeness (QED) is 0.844. The zero-order chi connectivity index (χ0) is 13.3. The smallest absolute Gasteiger partial charge is 0.253 e. The van der Waals surface area contributed by atoms with Crippen LogP contribution in [0.25, 0.3) is 10.8 Å². The van der Waals surface area contributed by atoms with Crippen molar-refractivity contribution >= 4 is 22.6 Å². The lowest BCUT2D eigenvalue weighted by Crippen LogP contribution is -2.17. The minimum Gasteiger partial charge on any atom is -0.496 e. The third-order valence-electron chi connectivity index (χ3n) is 2.74. The Morgan fingerprint density at radius 2 is 1.78 bits per heavy atom. The van der Waals surface area contributed by atoms with Crippen molar-refractivity contribution in [3.05, 3.63) is 41.5 Å². The van der Waals surface area contributed by atoms with Crippen molar-refractivity contribution in [1.82, 2.24) is 0 Å². The summed E-state index contributed by atoms with van der Waals surface area (Å²) < 4.78 is 5.10. The molecule has 0 spiro atoms. The number of hydrogen-bond donors (Lipinski definition) is 2. The number of primary amides is 2. The van der Waals surface area contributed by atoms with Crippen LogP contribution in [0.15, 0.2) is 30.3 Å². The molecule has 2 aromatic carbocycles. The summed E-state index contributed by atoms with van der Waals surface area (Å²) in [5.74, 6) is -0.953. The Kier molecular flexibility index (Phi) is 2.89. The van der Waals surface area contributed by atoms with Gasteiger partial charge in [-0.1, -0.05) is 18.2 Å². The van der Waals surface area contributed by atoms with Crippen molar-refractivity contribution in [3.63, 3.8) is 0 Å². The second-order valence-electron chi connectivity index (χ2n) is 3.78. The molecule has 0 heterocycles. The van der Waals surface area contributed by atoms with Crippen LogP contribution >= 0.6 is 0 Å². The molecule has 0 aliphatic heterocycles. The van der Waals surface area contributed by atoms with Crippen LogP contribution in [0.3, 0.4) is 0 Å². The molecule has 92 valence electrons. The molecule has 5 nitrogen and oxygen atoms in total. The second-order valence-corrected chi connectivity index (χ2v) is 3.78. The predicted molar refractivity (Wildman–Crippen MR) is 67.5 cm³/mol. The fourth-order valence-corrected chi connectivity index (χ4v) is 1.98. The first kappa shape index (κ1) is 11.9. The van der Waals surface area contributed by atoms with Gasteiger partial charge in [-0.05, 0) is 17.5 Å². The van der Waals surface area contributed by atoms with Crippen LogP contribution in [0.4, 0.5) is 0 Å². The van der Waals surface area contributed by atoms with Gasteiger partial charge < -0.3 is 16.2 Å². The third kappa shape index (κ3) is 1.75. The standard InChI is InChI=1S/C13H12N2O3/c1-18-9-6-5-7-3-2-4-8(12(14)16)10(7)11(9)13(15)17/h2-6H,1H3,(H2,14,16)(H2,15,17). The molecule has 0 bridgehead atoms. The van der Waals surface area contributed by atoms with Crippen molar-refractivity contribution in [2.75, 3.05) is 7.11 Å². The number of carbonyl (C=O) groups excluding carboxylic acids is 2. The molecule has 5 heteroatoms. The summed E-state index contributed by atoms with van der Waals surface area (Å²) in [7, 11) is 1.43. The maximum absolute atomic E-state index is 11.6. The van der Waals surface area contributed by atoms with E-state index in [1.165, 1.54) is 7.11 Å². The normalized spacial score (nSPS) is 10.3. The van der Waals surface area contributed by atoms with Crippen LogP contribution in [0, 0.1) is 0 Å². The Hall–Kier alpha value is -2.56. The monoisotopic (exact) mass is 244 g/mol. The number of rotatable bonds is 3. The summed E-state index contributed by atoms with van der Waals surface area (Å²) in [6, 6.07) is 8.39. The van der Waals surface area contributed by atoms with Gasteiger partial charge in [-0.25, -0.2) is 0 Å². The van der Waals surface area contributed by atoms with Gasteiger partial charge in [0.05, 0.1) is 12.7 Å². The lowest BCUT2D eigenvalue weighted by molar-refractivity contribution is 0.0997. The van der Waals surface area contributed by atoms with E-state index >= 15 is 0 Å². The fourth-order valence-electron chi connectivity index (χ4n) is 1.98. The molecule has 0 radical (unpaired) electrons. The Balaban J connectivity index is 2.97. The van der Waals surface area contributed by atoms with Gasteiger partial charge in [0.15, 0.2) is 0 Å². The molecule has 0 aromatic heterocycles. The average molecular weight is 244 g/mol. The van der Waals surface area contributed by atoms with Crippen molar-refractivity contribution in [3.8, 4) is 5.75 Å². The summed E-state index contributed by atoms with van der Waals surface area (Å²) in [4.78, 5) is 23.0. The van der Waals surface area contributed by atoms with Gasteiger partial charge in [-0.15, -0.1) is 0 Å². The highest BCUT2D eigenvalue weighted by atomic mass is 16.5. The van der Waals surface area contributed by atoms with Gasteiger partial charge in [-0.3, -0.25) is 9.59 Å². The Bertz CT molecular complexity index is 650. The molecule has 0 atom stereocenters. The minimum atomic E-state index is -0.661. The molecular weight excluding hydrogens is 232 g/mol. The van der Waals surface area contributed by atoms with Crippen molar-refractivity contribution in [2.45, 2.75) is 0 Å². The summed E-state index contributed by atoms with van der Waals surface area (Å²) >= 11 is 0. The lowest BCUT2D eigenvalue weighted by atomic mass is 9.97. The fraction of sp³-hybridized carbons (Fsp3) is 0.0769. The molecular formula is C13H12N2O3. The van der Waals surface area contributed by atoms with E-state index < -0.39 is 11.8 Å². The van der Waals surface area contributed by atoms with E-state index in [1.54, 1.807) is 30.3 Å². The molecule has 4 N–H and O–H groups in total. The largest absolute Gasteiger partial charge is 0.496 e. The SMILES string of the molecule is COc1ccc2cccc(C(N)=O)c2c1C(N)=O. The van der Waals surface area contributed by atoms with E-state index in [9.17, 15) is 9.59 Å². The van der Waals surface area contributed by atoms with E-state index in [4.69, 9.17) is 16.2 Å². The maximum Gasteiger partial charge on any atom is 0.253 e. The maximum atomic E-state index is 11.6. The van der Waals surface area contributed by atoms with E-state index in [1.807, 2.05) is 0 Å². The summed E-state index contributed by atoms with van der Waals surface area (Å²) in [6.45, 7) is 0. The average Bonchev–Trinajstić information content (AvgIpc) is 2.35. The molecule has 0 aliphatic rings. The topological polar surface area (TPSA) is 95.4 Å². The minimum absolute atomic E-state index is 0.171. The van der Waals surface area contributed by atoms with Crippen molar-refractivity contribution in [1.29, 1.82) is 0 Å². The van der Waals surface area contributed by atoms with Gasteiger partial charge in [0, 0.05) is 10.9 Å². The predicted octanol–water partition coefficient (Wildman–Crippen LogP) is 1.05. The first-order valence-corrected chi connectivity index (χ1v) is 5.25. The first-order valence-electron chi connectivity index (χ1n) is 5.25. The van der Waals surface area contributed by atoms with E-state index in [0.29, 0.717) is 16.5 Å². The van der Waals surface area contributed by atoms with Gasteiger partial charge in [0.2, 0.25) is 5.91 Å². The summed E-state index contributed by atoms with van der Waals surface area (Å²) in [6.07, 6.45) is 0. The molecule has 0 unspecified atom stereocenters. The molecule has 2 aromatic rings. The van der Waals surface area contributed by atoms with Gasteiger partial charge in [0.1, 0.15) is 5.75 Å². The van der Waals surface area contributed by atoms with Crippen LogP contribution in [0.2, 0.25) is 0 Å². The van der Waals surface area contributed by atoms with Crippen LogP contribution in [0.1, 0.15) is 20.7 Å². The number of nitrogens with two attached hydrogens (primary N) is 2. The number of methoxy groups -OCH3 is 1. The number of fused-ring (bicyclic) bond motifs is 1. The van der Waals surface area contributed by atoms with E-state index in [0.717, 1.165) is 0 Å². The van der Waals surface area contributed by atoms with Gasteiger partial charge in [0.25, 0.3) is 5.91 Å². The van der Waals surface area contributed by atoms with Crippen molar-refractivity contribution in [2.24, 2.45) is 11.5 Å². The molecule has 0 saturated heterocycles. The van der Waals surface area contributed by atoms with E-state index in [2.05, 4.69) is 0 Å². The second kappa shape index (κ2) is 4.37. The lowest BCUT2D eigenvalue weighted by Gasteiger charge is -2.11. The third-order valence-corrected chi connectivity index (χ3v) is 2.74. The number of benzene rings is 2. The Morgan fingerprint density at radius 3 is 2.33 bits per heavy atom. The molecule has 18 heavy (non-hydrogen) atoms. The number of amides is 2. The number of carbonyl (C=O) groups is 2. The molecule has 0 saturated carbocycles. The summed E-state index contributed by atoms with van der Waals surface area (Å²) in [5, 5.41) is 1.14. The Morgan fingerprint density at radius 1 is 1.06 bits per heavy atom. The molecule has 0 aliphatic carbocycles. The zero-order valence-electron chi connectivity index (χ0n) is 9.77. The summed E-state index contributed by atoms with van der Waals surface area (Å²) in [5.41, 5.74) is 11.1. The Labute approximate surface area is 103 Å². The highest BCUT2D eigenvalue weighted by Crippen LogP contribution is 2.30. The highest BCUT2D eigenvalue weighted by molar-refractivity contribution is 6.16.